The summed E-state index contributed by atoms with van der Waals surface area (Å²) in [5, 5.41) is 0. The molecule has 0 aliphatic rings. The zero-order valence-electron chi connectivity index (χ0n) is 19.5. The quantitative estimate of drug-likeness (QED) is 0.144. The minimum atomic E-state index is 1.12. The summed E-state index contributed by atoms with van der Waals surface area (Å²) >= 11 is 0. The SMILES string of the molecule is [CH2]C=CCCCCCCCCCCCCCCCCCCCCCCCC[CH2]. The second-order valence-corrected chi connectivity index (χ2v) is 8.89. The van der Waals surface area contributed by atoms with E-state index in [4.69, 9.17) is 0 Å². The maximum absolute atomic E-state index is 3.91. The van der Waals surface area contributed by atoms with Gasteiger partial charge in [-0.1, -0.05) is 160 Å². The normalized spacial score (nSPS) is 11.6. The predicted octanol–water partition coefficient (Wildman–Crippen LogP) is 10.6. The second kappa shape index (κ2) is 26.7. The van der Waals surface area contributed by atoms with Gasteiger partial charge in [0.05, 0.1) is 0 Å². The van der Waals surface area contributed by atoms with Crippen LogP contribution in [0.25, 0.3) is 0 Å². The molecule has 0 fully saturated rings. The van der Waals surface area contributed by atoms with Crippen LogP contribution < -0.4 is 0 Å². The fourth-order valence-corrected chi connectivity index (χ4v) is 4.09. The van der Waals surface area contributed by atoms with Crippen LogP contribution in [0.5, 0.6) is 0 Å². The van der Waals surface area contributed by atoms with Crippen LogP contribution in [-0.4, -0.2) is 0 Å². The van der Waals surface area contributed by atoms with Gasteiger partial charge in [0.1, 0.15) is 0 Å². The lowest BCUT2D eigenvalue weighted by atomic mass is 10.0. The molecule has 0 bridgehead atoms. The lowest BCUT2D eigenvalue weighted by Gasteiger charge is -2.04. The molecule has 0 heteroatoms. The van der Waals surface area contributed by atoms with E-state index in [1.54, 1.807) is 0 Å². The monoisotopic (exact) mass is 390 g/mol. The molecule has 0 amide bonds. The van der Waals surface area contributed by atoms with Crippen molar-refractivity contribution in [2.75, 3.05) is 0 Å². The zero-order valence-corrected chi connectivity index (χ0v) is 19.5. The molecule has 0 spiro atoms. The zero-order chi connectivity index (χ0) is 20.4. The molecule has 0 aliphatic heterocycles. The number of allylic oxidation sites excluding steroid dienone is 2. The first kappa shape index (κ1) is 27.7. The Morgan fingerprint density at radius 1 is 0.357 bits per heavy atom. The number of hydrogen-bond donors (Lipinski definition) is 0. The van der Waals surface area contributed by atoms with Crippen molar-refractivity contribution >= 4 is 0 Å². The van der Waals surface area contributed by atoms with E-state index in [1.165, 1.54) is 148 Å². The smallest absolute Gasteiger partial charge is 0.0316 e. The van der Waals surface area contributed by atoms with Crippen molar-refractivity contribution in [3.63, 3.8) is 0 Å². The Hall–Kier alpha value is -0.260. The van der Waals surface area contributed by atoms with E-state index in [0.29, 0.717) is 0 Å². The summed E-state index contributed by atoms with van der Waals surface area (Å²) < 4.78 is 0. The third kappa shape index (κ3) is 25.7. The van der Waals surface area contributed by atoms with Crippen LogP contribution >= 0.6 is 0 Å². The van der Waals surface area contributed by atoms with Crippen LogP contribution in [0.4, 0.5) is 0 Å². The fraction of sp³-hybridized carbons (Fsp3) is 0.857. The minimum absolute atomic E-state index is 1.12. The largest absolute Gasteiger partial charge is 0.0885 e. The maximum Gasteiger partial charge on any atom is -0.0316 e. The van der Waals surface area contributed by atoms with E-state index < -0.39 is 0 Å². The number of unbranched alkanes of at least 4 members (excludes halogenated alkanes) is 23. The van der Waals surface area contributed by atoms with Crippen LogP contribution in [0.2, 0.25) is 0 Å². The Morgan fingerprint density at radius 3 is 0.857 bits per heavy atom. The molecule has 28 heavy (non-hydrogen) atoms. The van der Waals surface area contributed by atoms with Crippen LogP contribution in [0, 0.1) is 13.8 Å². The van der Waals surface area contributed by atoms with E-state index in [9.17, 15) is 0 Å². The first-order chi connectivity index (χ1) is 13.9. The highest BCUT2D eigenvalue weighted by atomic mass is 14.0. The van der Waals surface area contributed by atoms with Crippen molar-refractivity contribution in [1.82, 2.24) is 0 Å². The highest BCUT2D eigenvalue weighted by molar-refractivity contribution is 4.83. The van der Waals surface area contributed by atoms with Gasteiger partial charge in [-0.05, 0) is 19.8 Å². The van der Waals surface area contributed by atoms with Crippen molar-refractivity contribution in [3.05, 3.63) is 26.0 Å². The predicted molar refractivity (Wildman–Crippen MR) is 131 cm³/mol. The molecular weight excluding hydrogens is 336 g/mol. The first-order valence-corrected chi connectivity index (χ1v) is 13.1. The van der Waals surface area contributed by atoms with E-state index in [-0.39, 0.29) is 0 Å². The molecule has 0 aromatic heterocycles. The van der Waals surface area contributed by atoms with Crippen LogP contribution in [-0.2, 0) is 0 Å². The molecule has 0 heterocycles. The summed E-state index contributed by atoms with van der Waals surface area (Å²) in [5.41, 5.74) is 0. The van der Waals surface area contributed by atoms with Gasteiger partial charge in [0.15, 0.2) is 0 Å². The second-order valence-electron chi connectivity index (χ2n) is 8.89. The Bertz CT molecular complexity index is 278. The molecule has 0 atom stereocenters. The van der Waals surface area contributed by atoms with Gasteiger partial charge < -0.3 is 0 Å². The summed E-state index contributed by atoms with van der Waals surface area (Å²) in [6, 6.07) is 0. The van der Waals surface area contributed by atoms with Gasteiger partial charge in [0, 0.05) is 0 Å². The van der Waals surface area contributed by atoms with E-state index in [2.05, 4.69) is 19.9 Å². The highest BCUT2D eigenvalue weighted by Gasteiger charge is 1.95. The average molecular weight is 391 g/mol. The summed E-state index contributed by atoms with van der Waals surface area (Å²) in [4.78, 5) is 0. The lowest BCUT2D eigenvalue weighted by Crippen LogP contribution is -1.84. The molecule has 166 valence electrons. The topological polar surface area (TPSA) is 0 Å². The van der Waals surface area contributed by atoms with Crippen molar-refractivity contribution in [3.8, 4) is 0 Å². The highest BCUT2D eigenvalue weighted by Crippen LogP contribution is 2.15. The van der Waals surface area contributed by atoms with Gasteiger partial charge in [0.2, 0.25) is 0 Å². The molecule has 0 aliphatic carbocycles. The first-order valence-electron chi connectivity index (χ1n) is 13.1. The van der Waals surface area contributed by atoms with Gasteiger partial charge in [-0.25, -0.2) is 0 Å². The molecule has 0 saturated heterocycles. The summed E-state index contributed by atoms with van der Waals surface area (Å²) in [6.07, 6.45) is 38.4. The summed E-state index contributed by atoms with van der Waals surface area (Å²) in [7, 11) is 0. The van der Waals surface area contributed by atoms with E-state index in [1.807, 2.05) is 6.08 Å². The van der Waals surface area contributed by atoms with Crippen LogP contribution in [0.1, 0.15) is 154 Å². The summed E-state index contributed by atoms with van der Waals surface area (Å²) in [6.45, 7) is 7.64. The molecular formula is C28H54. The Labute approximate surface area is 180 Å². The van der Waals surface area contributed by atoms with E-state index >= 15 is 0 Å². The van der Waals surface area contributed by atoms with Crippen molar-refractivity contribution in [2.45, 2.75) is 154 Å². The maximum atomic E-state index is 3.91. The summed E-state index contributed by atoms with van der Waals surface area (Å²) in [5.74, 6) is 0. The molecule has 2 radical (unpaired) electrons. The van der Waals surface area contributed by atoms with Gasteiger partial charge in [-0.3, -0.25) is 0 Å². The van der Waals surface area contributed by atoms with Crippen molar-refractivity contribution in [1.29, 1.82) is 0 Å². The molecule has 0 rings (SSSR count). The Balaban J connectivity index is 2.98. The van der Waals surface area contributed by atoms with Crippen LogP contribution in [0.3, 0.4) is 0 Å². The Morgan fingerprint density at radius 2 is 0.607 bits per heavy atom. The van der Waals surface area contributed by atoms with Crippen LogP contribution in [0.15, 0.2) is 12.2 Å². The van der Waals surface area contributed by atoms with Gasteiger partial charge in [-0.15, -0.1) is 0 Å². The van der Waals surface area contributed by atoms with Crippen molar-refractivity contribution < 1.29 is 0 Å². The fourth-order valence-electron chi connectivity index (χ4n) is 4.09. The standard InChI is InChI=1S/C28H54/c1-3-5-7-9-11-13-15-17-19-21-23-25-27-28-26-24-22-20-18-16-14-12-10-8-6-4-2/h3,5H,1-2,4,6-28H2. The molecule has 0 saturated carbocycles. The molecule has 0 aromatic carbocycles. The average Bonchev–Trinajstić information content (AvgIpc) is 2.71. The van der Waals surface area contributed by atoms with Gasteiger partial charge >= 0.3 is 0 Å². The van der Waals surface area contributed by atoms with Crippen molar-refractivity contribution in [2.24, 2.45) is 0 Å². The minimum Gasteiger partial charge on any atom is -0.0885 e. The third-order valence-electron chi connectivity index (χ3n) is 6.04. The molecule has 0 aromatic rings. The number of hydrogen-bond acceptors (Lipinski definition) is 0. The molecule has 0 unspecified atom stereocenters. The van der Waals surface area contributed by atoms with Gasteiger partial charge in [0.25, 0.3) is 0 Å². The third-order valence-corrected chi connectivity index (χ3v) is 6.04. The Kier molecular flexibility index (Phi) is 26.5. The van der Waals surface area contributed by atoms with E-state index in [0.717, 1.165) is 6.42 Å². The molecule has 0 nitrogen and oxygen atoms in total. The number of rotatable bonds is 24. The molecule has 0 N–H and O–H groups in total. The lowest BCUT2D eigenvalue weighted by molar-refractivity contribution is 0.518. The van der Waals surface area contributed by atoms with Gasteiger partial charge in [-0.2, -0.15) is 0 Å².